The molecule has 2 aromatic carbocycles. The maximum absolute atomic E-state index is 13.4. The van der Waals surface area contributed by atoms with Crippen molar-refractivity contribution in [3.63, 3.8) is 0 Å². The maximum atomic E-state index is 13.4. The molecular weight excluding hydrogens is 319 g/mol. The van der Waals surface area contributed by atoms with Crippen molar-refractivity contribution in [3.05, 3.63) is 71.0 Å². The van der Waals surface area contributed by atoms with Gasteiger partial charge >= 0.3 is 6.09 Å². The number of hydrogen-bond acceptors (Lipinski definition) is 2. The third-order valence-corrected chi connectivity index (χ3v) is 4.88. The van der Waals surface area contributed by atoms with E-state index in [1.54, 1.807) is 6.07 Å². The van der Waals surface area contributed by atoms with Crippen LogP contribution in [0.2, 0.25) is 0 Å². The topological polar surface area (TPSA) is 52.6 Å². The van der Waals surface area contributed by atoms with Crippen LogP contribution in [0.15, 0.2) is 48.5 Å². The smallest absolute Gasteiger partial charge is 0.407 e. The summed E-state index contributed by atoms with van der Waals surface area (Å²) in [6.45, 7) is 3.07. The molecule has 25 heavy (non-hydrogen) atoms. The maximum Gasteiger partial charge on any atom is 0.407 e. The first kappa shape index (κ1) is 17.4. The fourth-order valence-corrected chi connectivity index (χ4v) is 3.55. The lowest BCUT2D eigenvalue weighted by atomic mass is 9.89. The van der Waals surface area contributed by atoms with E-state index in [1.165, 1.54) is 22.6 Å². The van der Waals surface area contributed by atoms with Gasteiger partial charge in [-0.15, -0.1) is 0 Å². The second-order valence-corrected chi connectivity index (χ2v) is 6.58. The molecule has 1 saturated heterocycles. The SMILES string of the molecule is Cc1cc(F)ccc1C1CC(NCc2ccccc2)CCN1C(=O)O. The number of carboxylic acid groups (broad SMARTS) is 1. The molecule has 4 nitrogen and oxygen atoms in total. The fourth-order valence-electron chi connectivity index (χ4n) is 3.55. The van der Waals surface area contributed by atoms with Crippen molar-refractivity contribution in [1.29, 1.82) is 0 Å². The number of piperidine rings is 1. The minimum atomic E-state index is -0.921. The molecule has 5 heteroatoms. The summed E-state index contributed by atoms with van der Waals surface area (Å²) in [5.41, 5.74) is 2.88. The number of hydrogen-bond donors (Lipinski definition) is 2. The van der Waals surface area contributed by atoms with E-state index in [2.05, 4.69) is 17.4 Å². The van der Waals surface area contributed by atoms with E-state index in [4.69, 9.17) is 0 Å². The molecule has 1 aliphatic heterocycles. The van der Waals surface area contributed by atoms with E-state index in [0.29, 0.717) is 13.0 Å². The molecule has 0 bridgehead atoms. The number of nitrogens with zero attached hydrogens (tertiary/aromatic N) is 1. The predicted molar refractivity (Wildman–Crippen MR) is 94.9 cm³/mol. The summed E-state index contributed by atoms with van der Waals surface area (Å²) in [6, 6.07) is 14.7. The summed E-state index contributed by atoms with van der Waals surface area (Å²) < 4.78 is 13.4. The zero-order valence-electron chi connectivity index (χ0n) is 14.3. The van der Waals surface area contributed by atoms with Crippen molar-refractivity contribution in [3.8, 4) is 0 Å². The fraction of sp³-hybridized carbons (Fsp3) is 0.350. The lowest BCUT2D eigenvalue weighted by Crippen LogP contribution is -2.46. The van der Waals surface area contributed by atoms with Crippen molar-refractivity contribution < 1.29 is 14.3 Å². The quantitative estimate of drug-likeness (QED) is 0.879. The van der Waals surface area contributed by atoms with E-state index in [9.17, 15) is 14.3 Å². The predicted octanol–water partition coefficient (Wildman–Crippen LogP) is 4.11. The molecule has 0 radical (unpaired) electrons. The Morgan fingerprint density at radius 3 is 2.72 bits per heavy atom. The Labute approximate surface area is 147 Å². The molecule has 0 spiro atoms. The average molecular weight is 342 g/mol. The van der Waals surface area contributed by atoms with Gasteiger partial charge in [-0.25, -0.2) is 9.18 Å². The standard InChI is InChI=1S/C20H23FN2O2/c1-14-11-16(21)7-8-18(14)19-12-17(9-10-23(19)20(24)25)22-13-15-5-3-2-4-6-15/h2-8,11,17,19,22H,9-10,12-13H2,1H3,(H,24,25). The normalized spacial score (nSPS) is 20.5. The van der Waals surface area contributed by atoms with Crippen LogP contribution in [0.1, 0.15) is 35.6 Å². The Morgan fingerprint density at radius 1 is 1.28 bits per heavy atom. The lowest BCUT2D eigenvalue weighted by molar-refractivity contribution is 0.0959. The van der Waals surface area contributed by atoms with Gasteiger partial charge in [-0.05, 0) is 48.6 Å². The van der Waals surface area contributed by atoms with Crippen LogP contribution in [0.3, 0.4) is 0 Å². The highest BCUT2D eigenvalue weighted by molar-refractivity contribution is 5.66. The minimum Gasteiger partial charge on any atom is -0.465 e. The van der Waals surface area contributed by atoms with Gasteiger partial charge in [0.2, 0.25) is 0 Å². The molecular formula is C20H23FN2O2. The van der Waals surface area contributed by atoms with Gasteiger partial charge in [0.15, 0.2) is 0 Å². The first-order chi connectivity index (χ1) is 12.0. The van der Waals surface area contributed by atoms with Crippen LogP contribution >= 0.6 is 0 Å². The number of benzene rings is 2. The van der Waals surface area contributed by atoms with Gasteiger partial charge in [-0.3, -0.25) is 0 Å². The summed E-state index contributed by atoms with van der Waals surface area (Å²) in [4.78, 5) is 13.1. The van der Waals surface area contributed by atoms with E-state index in [1.807, 2.05) is 25.1 Å². The zero-order valence-corrected chi connectivity index (χ0v) is 14.3. The van der Waals surface area contributed by atoms with Gasteiger partial charge < -0.3 is 15.3 Å². The van der Waals surface area contributed by atoms with Crippen LogP contribution in [0, 0.1) is 12.7 Å². The highest BCUT2D eigenvalue weighted by Gasteiger charge is 2.33. The van der Waals surface area contributed by atoms with Crippen molar-refractivity contribution in [2.45, 2.75) is 38.4 Å². The highest BCUT2D eigenvalue weighted by Crippen LogP contribution is 2.33. The number of halogens is 1. The Kier molecular flexibility index (Phi) is 5.34. The molecule has 1 aliphatic rings. The second-order valence-electron chi connectivity index (χ2n) is 6.58. The Balaban J connectivity index is 1.74. The van der Waals surface area contributed by atoms with Gasteiger partial charge in [0, 0.05) is 19.1 Å². The molecule has 0 aromatic heterocycles. The summed E-state index contributed by atoms with van der Waals surface area (Å²) in [7, 11) is 0. The molecule has 1 amide bonds. The molecule has 0 aliphatic carbocycles. The number of nitrogens with one attached hydrogen (secondary N) is 1. The first-order valence-corrected chi connectivity index (χ1v) is 8.57. The Bertz CT molecular complexity index is 736. The van der Waals surface area contributed by atoms with Crippen molar-refractivity contribution >= 4 is 6.09 Å². The Morgan fingerprint density at radius 2 is 2.04 bits per heavy atom. The molecule has 1 fully saturated rings. The summed E-state index contributed by atoms with van der Waals surface area (Å²) in [5.74, 6) is -0.294. The molecule has 132 valence electrons. The zero-order chi connectivity index (χ0) is 17.8. The van der Waals surface area contributed by atoms with Crippen molar-refractivity contribution in [1.82, 2.24) is 10.2 Å². The molecule has 2 N–H and O–H groups in total. The molecule has 2 unspecified atom stereocenters. The molecule has 2 atom stereocenters. The van der Waals surface area contributed by atoms with Gasteiger partial charge in [-0.1, -0.05) is 36.4 Å². The Hall–Kier alpha value is -2.40. The molecule has 2 aromatic rings. The van der Waals surface area contributed by atoms with Crippen molar-refractivity contribution in [2.24, 2.45) is 0 Å². The van der Waals surface area contributed by atoms with Crippen molar-refractivity contribution in [2.75, 3.05) is 6.54 Å². The number of carbonyl (C=O) groups is 1. The van der Waals surface area contributed by atoms with Gasteiger partial charge in [0.05, 0.1) is 6.04 Å². The van der Waals surface area contributed by atoms with Crippen LogP contribution in [0.5, 0.6) is 0 Å². The van der Waals surface area contributed by atoms with Crippen LogP contribution in [-0.4, -0.2) is 28.7 Å². The highest BCUT2D eigenvalue weighted by atomic mass is 19.1. The summed E-state index contributed by atoms with van der Waals surface area (Å²) >= 11 is 0. The largest absolute Gasteiger partial charge is 0.465 e. The molecule has 3 rings (SSSR count). The van der Waals surface area contributed by atoms with Gasteiger partial charge in [0.25, 0.3) is 0 Å². The van der Waals surface area contributed by atoms with Crippen LogP contribution < -0.4 is 5.32 Å². The molecule has 1 heterocycles. The van der Waals surface area contributed by atoms with Crippen LogP contribution in [0.4, 0.5) is 9.18 Å². The minimum absolute atomic E-state index is 0.227. The monoisotopic (exact) mass is 342 g/mol. The number of likely N-dealkylation sites (tertiary alicyclic amines) is 1. The molecule has 0 saturated carbocycles. The lowest BCUT2D eigenvalue weighted by Gasteiger charge is -2.39. The summed E-state index contributed by atoms with van der Waals surface area (Å²) in [6.07, 6.45) is 0.539. The first-order valence-electron chi connectivity index (χ1n) is 8.57. The van der Waals surface area contributed by atoms with E-state index in [-0.39, 0.29) is 17.9 Å². The number of aryl methyl sites for hydroxylation is 1. The average Bonchev–Trinajstić information content (AvgIpc) is 2.60. The van der Waals surface area contributed by atoms with Crippen LogP contribution in [0.25, 0.3) is 0 Å². The van der Waals surface area contributed by atoms with Crippen LogP contribution in [-0.2, 0) is 6.54 Å². The summed E-state index contributed by atoms with van der Waals surface area (Å²) in [5, 5.41) is 13.1. The van der Waals surface area contributed by atoms with E-state index >= 15 is 0 Å². The van der Waals surface area contributed by atoms with E-state index in [0.717, 1.165) is 24.1 Å². The number of rotatable bonds is 4. The third kappa shape index (κ3) is 4.17. The van der Waals surface area contributed by atoms with Gasteiger partial charge in [0.1, 0.15) is 5.82 Å². The van der Waals surface area contributed by atoms with E-state index < -0.39 is 6.09 Å². The number of amides is 1. The second kappa shape index (κ2) is 7.66. The third-order valence-electron chi connectivity index (χ3n) is 4.88. The van der Waals surface area contributed by atoms with Gasteiger partial charge in [-0.2, -0.15) is 0 Å².